The molecular weight excluding hydrogens is 514 g/mol. The van der Waals surface area contributed by atoms with Gasteiger partial charge in [0.15, 0.2) is 0 Å². The number of rotatable bonds is 7. The van der Waals surface area contributed by atoms with Crippen molar-refractivity contribution in [2.75, 3.05) is 20.1 Å². The number of carboxylic acids is 1. The highest BCUT2D eigenvalue weighted by molar-refractivity contribution is 6.24. The second-order valence-electron chi connectivity index (χ2n) is 10.7. The fourth-order valence-corrected chi connectivity index (χ4v) is 5.91. The van der Waals surface area contributed by atoms with Crippen LogP contribution < -0.4 is 10.6 Å². The maximum Gasteiger partial charge on any atom is 0.330 e. The second kappa shape index (κ2) is 9.51. The minimum atomic E-state index is -1.44. The molecule has 11 nitrogen and oxygen atoms in total. The van der Waals surface area contributed by atoms with Crippen molar-refractivity contribution in [2.24, 2.45) is 11.1 Å². The number of amides is 4. The van der Waals surface area contributed by atoms with Crippen LogP contribution in [0.25, 0.3) is 11.1 Å². The number of hydrogen-bond acceptors (Lipinski definition) is 6. The molecule has 0 radical (unpaired) electrons. The van der Waals surface area contributed by atoms with Crippen molar-refractivity contribution >= 4 is 29.5 Å². The van der Waals surface area contributed by atoms with E-state index < -0.39 is 47.4 Å². The van der Waals surface area contributed by atoms with Gasteiger partial charge in [-0.3, -0.25) is 9.59 Å². The highest BCUT2D eigenvalue weighted by Gasteiger charge is 2.61. The van der Waals surface area contributed by atoms with Crippen LogP contribution in [0.4, 0.5) is 4.79 Å². The molecule has 2 saturated heterocycles. The number of carbonyl (C=O) groups is 4. The molecule has 4 amide bonds. The molecular formula is C29H29N5O6. The fourth-order valence-electron chi connectivity index (χ4n) is 5.91. The zero-order chi connectivity index (χ0) is 28.2. The van der Waals surface area contributed by atoms with Crippen molar-refractivity contribution in [1.29, 1.82) is 0 Å². The molecule has 0 aromatic heterocycles. The monoisotopic (exact) mass is 543 g/mol. The first-order chi connectivity index (χ1) is 19.2. The number of oxime groups is 1. The Labute approximate surface area is 230 Å². The van der Waals surface area contributed by atoms with Crippen molar-refractivity contribution in [3.63, 3.8) is 0 Å². The van der Waals surface area contributed by atoms with Crippen LogP contribution in [0.1, 0.15) is 24.0 Å². The van der Waals surface area contributed by atoms with Crippen LogP contribution in [0.5, 0.6) is 0 Å². The molecule has 2 aliphatic heterocycles. The summed E-state index contributed by atoms with van der Waals surface area (Å²) in [5.41, 5.74) is 3.16. The standard InChI is InChI=1S/C29H29N5O6/c1-3-16-13-29(16,27(37)38)31-25(35)23-12-17(14-34(23)26(36)22-15-33(2)28(39)30-22)40-32-24-20-10-6-4-8-18(20)19-9-5-7-11-21(19)24/h3-11,16-17,22-23H,1,12-15H2,2H3,(H,30,39)(H,31,35)(H,37,38)/t16-,17-,22+,23+,29-/m1/s1. The molecule has 206 valence electrons. The minimum absolute atomic E-state index is 0.0536. The molecule has 3 fully saturated rings. The molecule has 11 heteroatoms. The quantitative estimate of drug-likeness (QED) is 0.305. The van der Waals surface area contributed by atoms with E-state index in [4.69, 9.17) is 4.84 Å². The number of aliphatic carboxylic acids is 1. The number of nitrogens with one attached hydrogen (secondary N) is 2. The highest BCUT2D eigenvalue weighted by atomic mass is 16.6. The topological polar surface area (TPSA) is 141 Å². The zero-order valence-electron chi connectivity index (χ0n) is 21.9. The van der Waals surface area contributed by atoms with Crippen LogP contribution in [0.15, 0.2) is 66.3 Å². The van der Waals surface area contributed by atoms with Gasteiger partial charge in [0, 0.05) is 30.5 Å². The number of fused-ring (bicyclic) bond motifs is 3. The normalized spacial score (nSPS) is 27.9. The Kier molecular flexibility index (Phi) is 6.09. The Morgan fingerprint density at radius 2 is 1.73 bits per heavy atom. The van der Waals surface area contributed by atoms with Gasteiger partial charge in [0.05, 0.1) is 13.1 Å². The van der Waals surface area contributed by atoms with Gasteiger partial charge in [-0.15, -0.1) is 6.58 Å². The van der Waals surface area contributed by atoms with E-state index in [1.54, 1.807) is 7.05 Å². The van der Waals surface area contributed by atoms with Gasteiger partial charge in [-0.2, -0.15) is 0 Å². The third-order valence-electron chi connectivity index (χ3n) is 8.22. The average Bonchev–Trinajstić information content (AvgIpc) is 3.19. The molecule has 6 rings (SSSR count). The lowest BCUT2D eigenvalue weighted by Gasteiger charge is -2.27. The molecule has 2 aromatic rings. The van der Waals surface area contributed by atoms with E-state index in [0.717, 1.165) is 22.3 Å². The average molecular weight is 544 g/mol. The number of carbonyl (C=O) groups excluding carboxylic acids is 3. The summed E-state index contributed by atoms with van der Waals surface area (Å²) in [5.74, 6) is -2.58. The van der Waals surface area contributed by atoms with E-state index >= 15 is 0 Å². The predicted molar refractivity (Wildman–Crippen MR) is 144 cm³/mol. The summed E-state index contributed by atoms with van der Waals surface area (Å²) >= 11 is 0. The summed E-state index contributed by atoms with van der Waals surface area (Å²) in [6.07, 6.45) is 1.23. The molecule has 0 unspecified atom stereocenters. The van der Waals surface area contributed by atoms with Gasteiger partial charge in [0.25, 0.3) is 0 Å². The van der Waals surface area contributed by atoms with E-state index in [1.807, 2.05) is 48.5 Å². The number of nitrogens with zero attached hydrogens (tertiary/aromatic N) is 3. The number of benzene rings is 2. The van der Waals surface area contributed by atoms with Crippen molar-refractivity contribution < 1.29 is 29.1 Å². The predicted octanol–water partition coefficient (Wildman–Crippen LogP) is 1.57. The Bertz CT molecular complexity index is 1420. The summed E-state index contributed by atoms with van der Waals surface area (Å²) in [6, 6.07) is 13.5. The molecule has 0 bridgehead atoms. The van der Waals surface area contributed by atoms with E-state index in [2.05, 4.69) is 22.4 Å². The third-order valence-corrected chi connectivity index (χ3v) is 8.22. The van der Waals surface area contributed by atoms with Crippen molar-refractivity contribution in [3.8, 4) is 11.1 Å². The SMILES string of the molecule is C=C[C@@H]1C[C@]1(NC(=O)[C@@H]1C[C@@H](ON=C2c3ccccc3-c3ccccc32)CN1C(=O)[C@@H]1CN(C)C(=O)N1)C(=O)O. The molecule has 0 spiro atoms. The first-order valence-corrected chi connectivity index (χ1v) is 13.2. The Morgan fingerprint density at radius 1 is 1.10 bits per heavy atom. The van der Waals surface area contributed by atoms with Crippen LogP contribution in [0.3, 0.4) is 0 Å². The van der Waals surface area contributed by atoms with Gasteiger partial charge in [0.2, 0.25) is 11.8 Å². The lowest BCUT2D eigenvalue weighted by atomic mass is 10.1. The molecule has 2 heterocycles. The van der Waals surface area contributed by atoms with Crippen molar-refractivity contribution in [2.45, 2.75) is 36.6 Å². The lowest BCUT2D eigenvalue weighted by Crippen LogP contribution is -2.55. The van der Waals surface area contributed by atoms with Gasteiger partial charge in [-0.05, 0) is 17.5 Å². The number of likely N-dealkylation sites (tertiary alicyclic amines) is 1. The van der Waals surface area contributed by atoms with Crippen LogP contribution in [-0.4, -0.2) is 88.3 Å². The van der Waals surface area contributed by atoms with Crippen LogP contribution >= 0.6 is 0 Å². The van der Waals surface area contributed by atoms with E-state index in [1.165, 1.54) is 15.9 Å². The lowest BCUT2D eigenvalue weighted by molar-refractivity contribution is -0.145. The van der Waals surface area contributed by atoms with Crippen molar-refractivity contribution in [1.82, 2.24) is 20.4 Å². The summed E-state index contributed by atoms with van der Waals surface area (Å²) in [4.78, 5) is 59.7. The minimum Gasteiger partial charge on any atom is -0.479 e. The van der Waals surface area contributed by atoms with Gasteiger partial charge in [-0.1, -0.05) is 59.8 Å². The molecule has 3 N–H and O–H groups in total. The van der Waals surface area contributed by atoms with Gasteiger partial charge < -0.3 is 30.4 Å². The molecule has 40 heavy (non-hydrogen) atoms. The van der Waals surface area contributed by atoms with E-state index in [-0.39, 0.29) is 32.0 Å². The Morgan fingerprint density at radius 3 is 2.25 bits per heavy atom. The largest absolute Gasteiger partial charge is 0.479 e. The Balaban J connectivity index is 1.26. The van der Waals surface area contributed by atoms with Gasteiger partial charge in [-0.25, -0.2) is 9.59 Å². The maximum atomic E-state index is 13.5. The first-order valence-electron chi connectivity index (χ1n) is 13.2. The summed E-state index contributed by atoms with van der Waals surface area (Å²) in [7, 11) is 1.58. The summed E-state index contributed by atoms with van der Waals surface area (Å²) in [6.45, 7) is 3.87. The first kappa shape index (κ1) is 25.6. The number of urea groups is 1. The third kappa shape index (κ3) is 4.09. The van der Waals surface area contributed by atoms with Gasteiger partial charge >= 0.3 is 12.0 Å². The molecule has 2 aromatic carbocycles. The zero-order valence-corrected chi connectivity index (χ0v) is 21.9. The molecule has 5 atom stereocenters. The Hall–Kier alpha value is -4.67. The van der Waals surface area contributed by atoms with Crippen LogP contribution in [-0.2, 0) is 19.2 Å². The number of hydrogen-bond donors (Lipinski definition) is 3. The van der Waals surface area contributed by atoms with E-state index in [0.29, 0.717) is 5.71 Å². The number of likely N-dealkylation sites (N-methyl/N-ethyl adjacent to an activating group) is 1. The van der Waals surface area contributed by atoms with E-state index in [9.17, 15) is 24.3 Å². The van der Waals surface area contributed by atoms with Crippen LogP contribution in [0, 0.1) is 5.92 Å². The molecule has 1 saturated carbocycles. The second-order valence-corrected chi connectivity index (χ2v) is 10.7. The van der Waals surface area contributed by atoms with Gasteiger partial charge in [0.1, 0.15) is 29.4 Å². The molecule has 4 aliphatic rings. The molecule has 2 aliphatic carbocycles. The summed E-state index contributed by atoms with van der Waals surface area (Å²) in [5, 5.41) is 19.6. The fraction of sp³-hybridized carbons (Fsp3) is 0.345. The van der Waals surface area contributed by atoms with Crippen molar-refractivity contribution in [3.05, 3.63) is 72.3 Å². The summed E-state index contributed by atoms with van der Waals surface area (Å²) < 4.78 is 0. The smallest absolute Gasteiger partial charge is 0.330 e. The van der Waals surface area contributed by atoms with Crippen LogP contribution in [0.2, 0.25) is 0 Å². The highest BCUT2D eigenvalue weighted by Crippen LogP contribution is 2.45. The number of carboxylic acid groups (broad SMARTS) is 1. The maximum absolute atomic E-state index is 13.5.